The Morgan fingerprint density at radius 3 is 2.06 bits per heavy atom. The van der Waals surface area contributed by atoms with Gasteiger partial charge >= 0.3 is 10.3 Å². The lowest BCUT2D eigenvalue weighted by molar-refractivity contribution is 0.483. The number of para-hydroxylation sites is 3. The normalized spacial score (nSPS) is 11.2. The maximum Gasteiger partial charge on any atom is 0.364 e. The van der Waals surface area contributed by atoms with Gasteiger partial charge in [0.15, 0.2) is 0 Å². The van der Waals surface area contributed by atoms with E-state index in [4.69, 9.17) is 5.73 Å². The highest BCUT2D eigenvalue weighted by atomic mass is 32.2. The molecule has 0 atom stereocenters. The highest BCUT2D eigenvalue weighted by Gasteiger charge is 2.23. The number of anilines is 3. The van der Waals surface area contributed by atoms with Crippen LogP contribution < -0.4 is 10.0 Å². The Morgan fingerprint density at radius 1 is 0.944 bits per heavy atom. The number of benzene rings is 2. The minimum Gasteiger partial charge on any atom is -0.397 e. The Balaban J connectivity index is 2.63. The first-order chi connectivity index (χ1) is 8.50. The average molecular weight is 264 g/mol. The number of nitrogens with two attached hydrogens (primary N) is 1. The van der Waals surface area contributed by atoms with Crippen molar-refractivity contribution < 1.29 is 13.0 Å². The van der Waals surface area contributed by atoms with E-state index in [9.17, 15) is 13.0 Å². The molecule has 0 heterocycles. The zero-order chi connectivity index (χ0) is 13.2. The van der Waals surface area contributed by atoms with Crippen LogP contribution in [0.2, 0.25) is 0 Å². The Bertz CT molecular complexity index is 641. The van der Waals surface area contributed by atoms with Crippen molar-refractivity contribution in [3.05, 3.63) is 54.6 Å². The molecule has 0 aromatic heterocycles. The first-order valence-electron chi connectivity index (χ1n) is 5.17. The highest BCUT2D eigenvalue weighted by molar-refractivity contribution is 7.87. The molecule has 2 aromatic rings. The lowest BCUT2D eigenvalue weighted by atomic mass is 10.2. The monoisotopic (exact) mass is 264 g/mol. The molecule has 0 aliphatic rings. The van der Waals surface area contributed by atoms with Crippen LogP contribution in [0.25, 0.3) is 0 Å². The van der Waals surface area contributed by atoms with Gasteiger partial charge in [-0.15, -0.1) is 0 Å². The highest BCUT2D eigenvalue weighted by Crippen LogP contribution is 2.32. The summed E-state index contributed by atoms with van der Waals surface area (Å²) in [6.45, 7) is 0. The molecule has 0 radical (unpaired) electrons. The predicted molar refractivity (Wildman–Crippen MR) is 71.0 cm³/mol. The molecule has 94 valence electrons. The van der Waals surface area contributed by atoms with Gasteiger partial charge in [-0.1, -0.05) is 30.3 Å². The second kappa shape index (κ2) is 4.67. The summed E-state index contributed by atoms with van der Waals surface area (Å²) in [6.07, 6.45) is 0. The first-order valence-corrected chi connectivity index (χ1v) is 6.57. The lowest BCUT2D eigenvalue weighted by Gasteiger charge is -2.22. The smallest absolute Gasteiger partial charge is 0.364 e. The quantitative estimate of drug-likeness (QED) is 0.657. The lowest BCUT2D eigenvalue weighted by Crippen LogP contribution is -2.25. The van der Waals surface area contributed by atoms with Crippen LogP contribution in [-0.4, -0.2) is 13.0 Å². The van der Waals surface area contributed by atoms with Crippen LogP contribution in [0.4, 0.5) is 17.1 Å². The summed E-state index contributed by atoms with van der Waals surface area (Å²) >= 11 is 0. The van der Waals surface area contributed by atoms with Gasteiger partial charge in [-0.2, -0.15) is 8.42 Å². The SMILES string of the molecule is Nc1ccccc1N(c1ccccc1)S(=O)(=O)O. The molecule has 0 fully saturated rings. The van der Waals surface area contributed by atoms with Crippen LogP contribution in [-0.2, 0) is 10.3 Å². The van der Waals surface area contributed by atoms with Crippen molar-refractivity contribution >= 4 is 27.4 Å². The maximum atomic E-state index is 11.5. The van der Waals surface area contributed by atoms with Crippen LogP contribution in [0, 0.1) is 0 Å². The molecule has 2 aromatic carbocycles. The molecular weight excluding hydrogens is 252 g/mol. The molecule has 3 N–H and O–H groups in total. The molecular formula is C12H12N2O3S. The number of rotatable bonds is 3. The van der Waals surface area contributed by atoms with Crippen LogP contribution in [0.3, 0.4) is 0 Å². The Morgan fingerprint density at radius 2 is 1.50 bits per heavy atom. The van der Waals surface area contributed by atoms with E-state index in [2.05, 4.69) is 0 Å². The summed E-state index contributed by atoms with van der Waals surface area (Å²) in [7, 11) is -4.44. The van der Waals surface area contributed by atoms with Gasteiger partial charge in [-0.3, -0.25) is 4.55 Å². The van der Waals surface area contributed by atoms with Crippen LogP contribution in [0.15, 0.2) is 54.6 Å². The fraction of sp³-hybridized carbons (Fsp3) is 0. The topological polar surface area (TPSA) is 83.6 Å². The minimum atomic E-state index is -4.44. The molecule has 5 nitrogen and oxygen atoms in total. The van der Waals surface area contributed by atoms with Gasteiger partial charge < -0.3 is 5.73 Å². The van der Waals surface area contributed by atoms with Gasteiger partial charge in [0.1, 0.15) is 0 Å². The fourth-order valence-electron chi connectivity index (χ4n) is 1.63. The fourth-order valence-corrected chi connectivity index (χ4v) is 2.44. The molecule has 0 unspecified atom stereocenters. The second-order valence-electron chi connectivity index (χ2n) is 3.64. The van der Waals surface area contributed by atoms with E-state index in [0.717, 1.165) is 4.31 Å². The van der Waals surface area contributed by atoms with E-state index < -0.39 is 10.3 Å². The largest absolute Gasteiger partial charge is 0.397 e. The summed E-state index contributed by atoms with van der Waals surface area (Å²) in [5.41, 5.74) is 6.53. The third kappa shape index (κ3) is 2.44. The van der Waals surface area contributed by atoms with E-state index in [-0.39, 0.29) is 11.4 Å². The van der Waals surface area contributed by atoms with Gasteiger partial charge in [0.25, 0.3) is 0 Å². The molecule has 0 aliphatic heterocycles. The summed E-state index contributed by atoms with van der Waals surface area (Å²) in [5, 5.41) is 0. The molecule has 2 rings (SSSR count). The van der Waals surface area contributed by atoms with Gasteiger partial charge in [-0.25, -0.2) is 4.31 Å². The summed E-state index contributed by atoms with van der Waals surface area (Å²) in [5.74, 6) is 0. The molecule has 6 heteroatoms. The van der Waals surface area contributed by atoms with E-state index in [0.29, 0.717) is 5.69 Å². The van der Waals surface area contributed by atoms with Crippen molar-refractivity contribution in [2.45, 2.75) is 0 Å². The summed E-state index contributed by atoms with van der Waals surface area (Å²) in [4.78, 5) is 0. The van der Waals surface area contributed by atoms with E-state index in [1.165, 1.54) is 6.07 Å². The number of hydrogen-bond acceptors (Lipinski definition) is 3. The molecule has 0 spiro atoms. The number of hydrogen-bond donors (Lipinski definition) is 2. The van der Waals surface area contributed by atoms with Crippen LogP contribution in [0.5, 0.6) is 0 Å². The van der Waals surface area contributed by atoms with E-state index in [1.807, 2.05) is 0 Å². The van der Waals surface area contributed by atoms with Gasteiger partial charge in [-0.05, 0) is 24.3 Å². The van der Waals surface area contributed by atoms with Crippen molar-refractivity contribution in [1.82, 2.24) is 0 Å². The zero-order valence-corrected chi connectivity index (χ0v) is 10.2. The molecule has 0 bridgehead atoms. The van der Waals surface area contributed by atoms with Gasteiger partial charge in [0.2, 0.25) is 0 Å². The average Bonchev–Trinajstić information content (AvgIpc) is 2.32. The summed E-state index contributed by atoms with van der Waals surface area (Å²) < 4.78 is 33.2. The first kappa shape index (κ1) is 12.4. The van der Waals surface area contributed by atoms with E-state index >= 15 is 0 Å². The second-order valence-corrected chi connectivity index (χ2v) is 4.90. The molecule has 0 saturated heterocycles. The maximum absolute atomic E-state index is 11.5. The molecule has 0 saturated carbocycles. The number of nitrogen functional groups attached to an aromatic ring is 1. The van der Waals surface area contributed by atoms with Crippen molar-refractivity contribution in [3.8, 4) is 0 Å². The standard InChI is InChI=1S/C12H12N2O3S/c13-11-8-4-5-9-12(11)14(18(15,16)17)10-6-2-1-3-7-10/h1-9H,13H2,(H,15,16,17). The number of nitrogens with zero attached hydrogens (tertiary/aromatic N) is 1. The molecule has 0 aliphatic carbocycles. The Kier molecular flexibility index (Phi) is 3.22. The minimum absolute atomic E-state index is 0.214. The van der Waals surface area contributed by atoms with Crippen molar-refractivity contribution in [2.75, 3.05) is 10.0 Å². The zero-order valence-electron chi connectivity index (χ0n) is 9.39. The third-order valence-electron chi connectivity index (χ3n) is 2.38. The van der Waals surface area contributed by atoms with E-state index in [1.54, 1.807) is 48.5 Å². The third-order valence-corrected chi connectivity index (χ3v) is 3.25. The van der Waals surface area contributed by atoms with Gasteiger partial charge in [0, 0.05) is 0 Å². The van der Waals surface area contributed by atoms with Gasteiger partial charge in [0.05, 0.1) is 17.1 Å². The Labute approximate surface area is 105 Å². The van der Waals surface area contributed by atoms with Crippen molar-refractivity contribution in [1.29, 1.82) is 0 Å². The predicted octanol–water partition coefficient (Wildman–Crippen LogP) is 2.21. The Hall–Kier alpha value is -2.05. The van der Waals surface area contributed by atoms with Crippen molar-refractivity contribution in [2.24, 2.45) is 0 Å². The van der Waals surface area contributed by atoms with Crippen LogP contribution >= 0.6 is 0 Å². The summed E-state index contributed by atoms with van der Waals surface area (Å²) in [6, 6.07) is 14.7. The molecule has 18 heavy (non-hydrogen) atoms. The van der Waals surface area contributed by atoms with Crippen LogP contribution in [0.1, 0.15) is 0 Å². The van der Waals surface area contributed by atoms with Crippen molar-refractivity contribution in [3.63, 3.8) is 0 Å². The molecule has 0 amide bonds.